The van der Waals surface area contributed by atoms with Gasteiger partial charge in [-0.05, 0) is 25.3 Å². The van der Waals surface area contributed by atoms with E-state index in [2.05, 4.69) is 20.6 Å². The number of carbonyl (C=O) groups is 3. The van der Waals surface area contributed by atoms with Gasteiger partial charge >= 0.3 is 5.97 Å². The van der Waals surface area contributed by atoms with Gasteiger partial charge in [0.1, 0.15) is 17.2 Å². The van der Waals surface area contributed by atoms with Crippen molar-refractivity contribution in [1.82, 2.24) is 15.6 Å². The maximum absolute atomic E-state index is 13.1. The fraction of sp³-hybridized carbons (Fsp3) is 0.591. The fourth-order valence-electron chi connectivity index (χ4n) is 3.29. The van der Waals surface area contributed by atoms with Crippen LogP contribution in [0.5, 0.6) is 0 Å². The summed E-state index contributed by atoms with van der Waals surface area (Å²) in [5, 5.41) is 8.33. The number of hydrogen-bond acceptors (Lipinski definition) is 8. The van der Waals surface area contributed by atoms with E-state index in [0.29, 0.717) is 5.75 Å². The van der Waals surface area contributed by atoms with Gasteiger partial charge in [0.2, 0.25) is 5.91 Å². The number of hydrogen-bond donors (Lipinski definition) is 2. The van der Waals surface area contributed by atoms with Gasteiger partial charge in [0.15, 0.2) is 4.87 Å². The second kappa shape index (κ2) is 10.6. The van der Waals surface area contributed by atoms with Crippen molar-refractivity contribution < 1.29 is 19.1 Å². The first-order chi connectivity index (χ1) is 15.2. The van der Waals surface area contributed by atoms with Gasteiger partial charge in [0.25, 0.3) is 5.91 Å². The molecule has 3 atom stereocenters. The monoisotopic (exact) mass is 478 g/mol. The predicted octanol–water partition coefficient (Wildman–Crippen LogP) is 2.82. The molecule has 0 radical (unpaired) electrons. The number of esters is 1. The highest BCUT2D eigenvalue weighted by Crippen LogP contribution is 2.35. The van der Waals surface area contributed by atoms with Crippen molar-refractivity contribution in [2.75, 3.05) is 5.75 Å². The quantitative estimate of drug-likeness (QED) is 0.509. The molecule has 1 aromatic rings. The maximum Gasteiger partial charge on any atom is 0.329 e. The Balaban J connectivity index is 1.92. The van der Waals surface area contributed by atoms with Crippen LogP contribution in [0.2, 0.25) is 0 Å². The first kappa shape index (κ1) is 24.4. The number of allylic oxidation sites excluding steroid dienone is 1. The second-order valence-electron chi connectivity index (χ2n) is 8.32. The van der Waals surface area contributed by atoms with Crippen LogP contribution in [-0.4, -0.2) is 51.2 Å². The summed E-state index contributed by atoms with van der Waals surface area (Å²) in [7, 11) is 0. The van der Waals surface area contributed by atoms with E-state index in [0.717, 1.165) is 29.3 Å². The zero-order valence-corrected chi connectivity index (χ0v) is 20.5. The predicted molar refractivity (Wildman–Crippen MR) is 127 cm³/mol. The Morgan fingerprint density at radius 3 is 2.84 bits per heavy atom. The molecule has 174 valence electrons. The molecule has 0 fully saturated rings. The van der Waals surface area contributed by atoms with Gasteiger partial charge in [-0.25, -0.2) is 9.78 Å². The van der Waals surface area contributed by atoms with E-state index >= 15 is 0 Å². The number of aliphatic imine (C=N–C) groups is 1. The molecule has 3 rings (SSSR count). The molecule has 32 heavy (non-hydrogen) atoms. The third kappa shape index (κ3) is 5.98. The molecule has 1 aromatic heterocycles. The first-order valence-electron chi connectivity index (χ1n) is 10.8. The Bertz CT molecular complexity index is 927. The first-order valence-corrected chi connectivity index (χ1v) is 12.7. The standard InChI is InChI=1S/C22H30N4O4S2/c1-5-6-7-8-14-9-17(27)23-10-18-24-15(11-31-18)16-12-32-22(4,26-16)21(29)25-19(13(2)3)20(28)30-14/h7-8,11,13-14,19H,5-6,9-10,12H2,1-4H3,(H,23,27)(H,25,29)/b8-7+/t14-,19+,22+/m1/s1. The minimum absolute atomic E-state index is 0.00320. The average molecular weight is 479 g/mol. The van der Waals surface area contributed by atoms with E-state index in [1.165, 1.54) is 23.1 Å². The van der Waals surface area contributed by atoms with Crippen LogP contribution in [0.15, 0.2) is 22.5 Å². The highest BCUT2D eigenvalue weighted by Gasteiger charge is 2.41. The van der Waals surface area contributed by atoms with E-state index in [1.807, 2.05) is 32.2 Å². The second-order valence-corrected chi connectivity index (χ2v) is 10.6. The molecule has 2 amide bonds. The maximum atomic E-state index is 13.1. The summed E-state index contributed by atoms with van der Waals surface area (Å²) in [4.78, 5) is 46.8. The Morgan fingerprint density at radius 1 is 1.34 bits per heavy atom. The normalized spacial score (nSPS) is 27.3. The number of unbranched alkanes of at least 4 members (excludes halogenated alkanes) is 1. The van der Waals surface area contributed by atoms with Crippen molar-refractivity contribution in [2.45, 2.75) is 70.5 Å². The summed E-state index contributed by atoms with van der Waals surface area (Å²) in [5.41, 5.74) is 1.45. The number of carbonyl (C=O) groups excluding carboxylic acids is 3. The average Bonchev–Trinajstić information content (AvgIpc) is 3.37. The van der Waals surface area contributed by atoms with Crippen LogP contribution in [-0.2, 0) is 25.7 Å². The Kier molecular flexibility index (Phi) is 8.10. The number of thiazole rings is 1. The zero-order chi connectivity index (χ0) is 23.3. The smallest absolute Gasteiger partial charge is 0.329 e. The van der Waals surface area contributed by atoms with Gasteiger partial charge in [-0.2, -0.15) is 0 Å². The molecular formula is C22H30N4O4S2. The minimum atomic E-state index is -1.04. The molecule has 0 spiro atoms. The van der Waals surface area contributed by atoms with Gasteiger partial charge in [0, 0.05) is 11.1 Å². The number of thioether (sulfide) groups is 1. The zero-order valence-electron chi connectivity index (χ0n) is 18.8. The topological polar surface area (TPSA) is 110 Å². The molecule has 0 aliphatic carbocycles. The summed E-state index contributed by atoms with van der Waals surface area (Å²) < 4.78 is 5.67. The van der Waals surface area contributed by atoms with Gasteiger partial charge in [-0.15, -0.1) is 23.1 Å². The molecule has 3 heterocycles. The van der Waals surface area contributed by atoms with Crippen LogP contribution in [0.25, 0.3) is 0 Å². The summed E-state index contributed by atoms with van der Waals surface area (Å²) in [6, 6.07) is -0.844. The lowest BCUT2D eigenvalue weighted by Crippen LogP contribution is -2.51. The fourth-order valence-corrected chi connectivity index (χ4v) is 5.03. The molecule has 2 N–H and O–H groups in total. The molecule has 0 saturated carbocycles. The molecule has 4 bridgehead atoms. The highest BCUT2D eigenvalue weighted by molar-refractivity contribution is 8.02. The molecule has 8 nitrogen and oxygen atoms in total. The van der Waals surface area contributed by atoms with Crippen molar-refractivity contribution in [2.24, 2.45) is 10.9 Å². The largest absolute Gasteiger partial charge is 0.456 e. The number of fused-ring (bicyclic) bond motifs is 4. The van der Waals surface area contributed by atoms with Crippen molar-refractivity contribution in [3.05, 3.63) is 28.2 Å². The Morgan fingerprint density at radius 2 is 2.12 bits per heavy atom. The number of nitrogens with zero attached hydrogens (tertiary/aromatic N) is 2. The molecule has 0 unspecified atom stereocenters. The van der Waals surface area contributed by atoms with E-state index in [9.17, 15) is 14.4 Å². The van der Waals surface area contributed by atoms with E-state index in [1.54, 1.807) is 13.0 Å². The van der Waals surface area contributed by atoms with E-state index in [4.69, 9.17) is 4.74 Å². The summed E-state index contributed by atoms with van der Waals surface area (Å²) in [6.07, 6.45) is 4.70. The molecule has 2 aliphatic rings. The third-order valence-corrected chi connectivity index (χ3v) is 7.32. The SMILES string of the molecule is CCC/C=C/[C@@H]1CC(=O)NCc2nc(cs2)C2=N[C@@](C)(SC2)C(=O)N[C@@H](C(C)C)C(=O)O1. The Labute approximate surface area is 196 Å². The Hall–Kier alpha value is -2.20. The lowest BCUT2D eigenvalue weighted by molar-refractivity contribution is -0.153. The van der Waals surface area contributed by atoms with Crippen molar-refractivity contribution in [3.63, 3.8) is 0 Å². The molecular weight excluding hydrogens is 448 g/mol. The summed E-state index contributed by atoms with van der Waals surface area (Å²) in [5.74, 6) is -0.789. The number of cyclic esters (lactones) is 1. The summed E-state index contributed by atoms with van der Waals surface area (Å²) in [6.45, 7) is 7.76. The number of rotatable bonds is 4. The van der Waals surface area contributed by atoms with Gasteiger partial charge in [-0.3, -0.25) is 14.6 Å². The van der Waals surface area contributed by atoms with Crippen LogP contribution < -0.4 is 10.6 Å². The lowest BCUT2D eigenvalue weighted by atomic mass is 10.0. The minimum Gasteiger partial charge on any atom is -0.456 e. The van der Waals surface area contributed by atoms with Crippen molar-refractivity contribution in [1.29, 1.82) is 0 Å². The molecule has 0 aromatic carbocycles. The highest BCUT2D eigenvalue weighted by atomic mass is 32.2. The number of aromatic nitrogens is 1. The summed E-state index contributed by atoms with van der Waals surface area (Å²) >= 11 is 2.84. The van der Waals surface area contributed by atoms with Gasteiger partial charge < -0.3 is 15.4 Å². The number of nitrogens with one attached hydrogen (secondary N) is 2. The van der Waals surface area contributed by atoms with Gasteiger partial charge in [-0.1, -0.05) is 33.3 Å². The van der Waals surface area contributed by atoms with Crippen LogP contribution in [0.3, 0.4) is 0 Å². The van der Waals surface area contributed by atoms with E-state index < -0.39 is 23.0 Å². The van der Waals surface area contributed by atoms with Crippen molar-refractivity contribution >= 4 is 46.6 Å². The lowest BCUT2D eigenvalue weighted by Gasteiger charge is -2.27. The molecule has 0 saturated heterocycles. The van der Waals surface area contributed by atoms with Crippen LogP contribution >= 0.6 is 23.1 Å². The number of amides is 2. The van der Waals surface area contributed by atoms with Crippen LogP contribution in [0.4, 0.5) is 0 Å². The van der Waals surface area contributed by atoms with Gasteiger partial charge in [0.05, 0.1) is 24.4 Å². The van der Waals surface area contributed by atoms with Crippen molar-refractivity contribution in [3.8, 4) is 0 Å². The molecule has 2 aliphatic heterocycles. The third-order valence-electron chi connectivity index (χ3n) is 5.21. The van der Waals surface area contributed by atoms with Crippen LogP contribution in [0.1, 0.15) is 57.7 Å². The van der Waals surface area contributed by atoms with Crippen LogP contribution in [0, 0.1) is 5.92 Å². The number of ether oxygens (including phenoxy) is 1. The molecule has 10 heteroatoms. The van der Waals surface area contributed by atoms with E-state index in [-0.39, 0.29) is 30.7 Å².